The molecule has 22 nitrogen and oxygen atoms in total. The zero-order chi connectivity index (χ0) is 37.9. The molecule has 0 saturated carbocycles. The number of rotatable bonds is 12. The minimum absolute atomic E-state index is 0.500. The summed E-state index contributed by atoms with van der Waals surface area (Å²) in [5, 5.41) is 120. The second-order valence-electron chi connectivity index (χ2n) is 12.9. The van der Waals surface area contributed by atoms with Crippen molar-refractivity contribution >= 4 is 11.8 Å². The maximum absolute atomic E-state index is 12.3. The Kier molecular flexibility index (Phi) is 14.8. The maximum Gasteiger partial charge on any atom is 0.217 e. The minimum Gasteiger partial charge on any atom is -0.394 e. The van der Waals surface area contributed by atoms with Crippen molar-refractivity contribution in [2.45, 2.75) is 143 Å². The van der Waals surface area contributed by atoms with Gasteiger partial charge in [-0.15, -0.1) is 0 Å². The molecular formula is C29H50N2O20. The van der Waals surface area contributed by atoms with E-state index >= 15 is 0 Å². The number of nitrogens with one attached hydrogen (secondary N) is 2. The van der Waals surface area contributed by atoms with E-state index < -0.39 is 161 Å². The number of carbonyl (C=O) groups is 2. The fourth-order valence-electron chi connectivity index (χ4n) is 6.60. The van der Waals surface area contributed by atoms with E-state index in [4.69, 9.17) is 33.2 Å². The molecule has 4 aliphatic heterocycles. The lowest BCUT2D eigenvalue weighted by Gasteiger charge is -2.50. The van der Waals surface area contributed by atoms with Crippen molar-refractivity contribution in [3.05, 3.63) is 0 Å². The standard InChI is InChI=1S/C29H50N2O20/c1-8-15(30-9(2)36)19(40)24(13(6-34)45-8)49-27-16(31-10(3)37)20(41)25(14(7-35)48-27)50-29-23(44)26(18(39)12(5-33)47-29)51-28-22(43)21(42)17(38)11(4-32)46-28/h8,11-29,32-35,38-44H,4-7H2,1-3H3,(H,30,36)(H,31,37)/t8-,11?,12?,13?,14?,15?,16?,17-,18-,19+,20+,21?,22?,23?,24-,25-,26-,27-,28-,29-/m0/s1. The predicted octanol–water partition coefficient (Wildman–Crippen LogP) is -8.39. The lowest BCUT2D eigenvalue weighted by Crippen LogP contribution is -2.70. The van der Waals surface area contributed by atoms with Gasteiger partial charge < -0.3 is 100.0 Å². The molecule has 13 N–H and O–H groups in total. The van der Waals surface area contributed by atoms with E-state index in [1.54, 1.807) is 6.92 Å². The van der Waals surface area contributed by atoms with Gasteiger partial charge in [-0.05, 0) is 6.92 Å². The van der Waals surface area contributed by atoms with Crippen molar-refractivity contribution in [1.82, 2.24) is 10.6 Å². The first-order valence-corrected chi connectivity index (χ1v) is 16.4. The topological polar surface area (TPSA) is 345 Å². The average molecular weight is 747 g/mol. The summed E-state index contributed by atoms with van der Waals surface area (Å²) in [4.78, 5) is 24.0. The Morgan fingerprint density at radius 1 is 0.490 bits per heavy atom. The summed E-state index contributed by atoms with van der Waals surface area (Å²) in [5.41, 5.74) is 0. The number of hydrogen-bond acceptors (Lipinski definition) is 20. The normalized spacial score (nSPS) is 47.8. The third-order valence-electron chi connectivity index (χ3n) is 9.28. The van der Waals surface area contributed by atoms with E-state index in [9.17, 15) is 65.8 Å². The fourth-order valence-corrected chi connectivity index (χ4v) is 6.60. The Morgan fingerprint density at radius 2 is 0.902 bits per heavy atom. The molecule has 296 valence electrons. The molecule has 0 aliphatic carbocycles. The molecule has 2 amide bonds. The van der Waals surface area contributed by atoms with Gasteiger partial charge in [0.05, 0.1) is 38.6 Å². The molecule has 22 heteroatoms. The Labute approximate surface area is 291 Å². The smallest absolute Gasteiger partial charge is 0.217 e. The summed E-state index contributed by atoms with van der Waals surface area (Å²) >= 11 is 0. The summed E-state index contributed by atoms with van der Waals surface area (Å²) in [7, 11) is 0. The molecule has 9 unspecified atom stereocenters. The molecule has 0 bridgehead atoms. The first-order valence-electron chi connectivity index (χ1n) is 16.4. The highest BCUT2D eigenvalue weighted by Crippen LogP contribution is 2.34. The van der Waals surface area contributed by atoms with Gasteiger partial charge in [0.25, 0.3) is 0 Å². The van der Waals surface area contributed by atoms with Crippen LogP contribution in [-0.4, -0.2) is 217 Å². The van der Waals surface area contributed by atoms with Gasteiger partial charge in [0.1, 0.15) is 91.5 Å². The summed E-state index contributed by atoms with van der Waals surface area (Å²) in [6, 6.07) is -2.54. The van der Waals surface area contributed by atoms with Crippen LogP contribution >= 0.6 is 0 Å². The van der Waals surface area contributed by atoms with Crippen LogP contribution < -0.4 is 10.6 Å². The third-order valence-corrected chi connectivity index (χ3v) is 9.28. The Balaban J connectivity index is 1.56. The molecule has 0 spiro atoms. The van der Waals surface area contributed by atoms with Crippen LogP contribution in [0.15, 0.2) is 0 Å². The largest absolute Gasteiger partial charge is 0.394 e. The van der Waals surface area contributed by atoms with Crippen molar-refractivity contribution in [1.29, 1.82) is 0 Å². The summed E-state index contributed by atoms with van der Waals surface area (Å²) < 4.78 is 39.8. The van der Waals surface area contributed by atoms with E-state index in [1.165, 1.54) is 6.92 Å². The van der Waals surface area contributed by atoms with Gasteiger partial charge in [-0.1, -0.05) is 0 Å². The van der Waals surface area contributed by atoms with Gasteiger partial charge in [-0.25, -0.2) is 0 Å². The Bertz CT molecular complexity index is 1140. The van der Waals surface area contributed by atoms with E-state index in [0.29, 0.717) is 0 Å². The van der Waals surface area contributed by atoms with Crippen LogP contribution in [0.25, 0.3) is 0 Å². The number of hydrogen-bond donors (Lipinski definition) is 13. The Hall–Kier alpha value is -1.78. The lowest BCUT2D eigenvalue weighted by molar-refractivity contribution is -0.378. The average Bonchev–Trinajstić information content (AvgIpc) is 3.09. The SMILES string of the molecule is CC(=O)NC1[C@H](O[C@H]2C(CO)O[C@@H](C)C(NC(C)=O)[C@H]2O)OC(CO)[C@H](O[C@@H]2OC(CO)[C@H](O)[C@H](O[C@@H]3OC(CO)[C@H](O)C(O)C3O)C2O)[C@@H]1O. The van der Waals surface area contributed by atoms with E-state index in [2.05, 4.69) is 10.6 Å². The zero-order valence-corrected chi connectivity index (χ0v) is 28.0. The third kappa shape index (κ3) is 9.13. The first-order chi connectivity index (χ1) is 24.1. The molecule has 51 heavy (non-hydrogen) atoms. The quantitative estimate of drug-likeness (QED) is 0.0881. The molecule has 20 atom stereocenters. The van der Waals surface area contributed by atoms with Crippen LogP contribution in [-0.2, 0) is 42.7 Å². The highest BCUT2D eigenvalue weighted by Gasteiger charge is 2.55. The van der Waals surface area contributed by atoms with Crippen LogP contribution in [0.4, 0.5) is 0 Å². The summed E-state index contributed by atoms with van der Waals surface area (Å²) in [6.07, 6.45) is -29.4. The van der Waals surface area contributed by atoms with Crippen molar-refractivity contribution in [3.8, 4) is 0 Å². The van der Waals surface area contributed by atoms with E-state index in [1.807, 2.05) is 0 Å². The lowest BCUT2D eigenvalue weighted by atomic mass is 9.92. The second-order valence-corrected chi connectivity index (χ2v) is 12.9. The molecule has 0 radical (unpaired) electrons. The van der Waals surface area contributed by atoms with Crippen LogP contribution in [0.5, 0.6) is 0 Å². The number of carbonyl (C=O) groups excluding carboxylic acids is 2. The number of amides is 2. The van der Waals surface area contributed by atoms with Crippen LogP contribution in [0, 0.1) is 0 Å². The number of aliphatic hydroxyl groups excluding tert-OH is 11. The zero-order valence-electron chi connectivity index (χ0n) is 28.0. The summed E-state index contributed by atoms with van der Waals surface area (Å²) in [5.74, 6) is -1.20. The Morgan fingerprint density at radius 3 is 1.43 bits per heavy atom. The fraction of sp³-hybridized carbons (Fsp3) is 0.931. The molecule has 4 rings (SSSR count). The van der Waals surface area contributed by atoms with Crippen molar-refractivity contribution in [3.63, 3.8) is 0 Å². The molecule has 0 aromatic rings. The minimum atomic E-state index is -2.01. The van der Waals surface area contributed by atoms with Gasteiger partial charge in [-0.2, -0.15) is 0 Å². The van der Waals surface area contributed by atoms with Gasteiger partial charge in [0, 0.05) is 13.8 Å². The molecule has 4 fully saturated rings. The van der Waals surface area contributed by atoms with Crippen molar-refractivity contribution < 1.29 is 98.9 Å². The molecular weight excluding hydrogens is 696 g/mol. The predicted molar refractivity (Wildman–Crippen MR) is 161 cm³/mol. The number of aliphatic hydroxyl groups is 11. The molecule has 4 saturated heterocycles. The van der Waals surface area contributed by atoms with Gasteiger partial charge in [0.2, 0.25) is 11.8 Å². The van der Waals surface area contributed by atoms with Gasteiger partial charge >= 0.3 is 0 Å². The number of ether oxygens (including phenoxy) is 7. The molecule has 0 aromatic carbocycles. The molecule has 4 aliphatic rings. The highest BCUT2D eigenvalue weighted by molar-refractivity contribution is 5.73. The van der Waals surface area contributed by atoms with Gasteiger partial charge in [-0.3, -0.25) is 9.59 Å². The van der Waals surface area contributed by atoms with Crippen molar-refractivity contribution in [2.24, 2.45) is 0 Å². The van der Waals surface area contributed by atoms with E-state index in [0.717, 1.165) is 6.92 Å². The second kappa shape index (κ2) is 18.0. The van der Waals surface area contributed by atoms with Crippen LogP contribution in [0.1, 0.15) is 20.8 Å². The van der Waals surface area contributed by atoms with Crippen molar-refractivity contribution in [2.75, 3.05) is 26.4 Å². The van der Waals surface area contributed by atoms with E-state index in [-0.39, 0.29) is 0 Å². The molecule has 0 aromatic heterocycles. The molecule has 4 heterocycles. The highest BCUT2D eigenvalue weighted by atomic mass is 16.8. The van der Waals surface area contributed by atoms with Gasteiger partial charge in [0.15, 0.2) is 18.9 Å². The van der Waals surface area contributed by atoms with Crippen LogP contribution in [0.2, 0.25) is 0 Å². The monoisotopic (exact) mass is 746 g/mol. The maximum atomic E-state index is 12.3. The van der Waals surface area contributed by atoms with Crippen LogP contribution in [0.3, 0.4) is 0 Å². The first kappa shape index (κ1) is 42.0. The summed E-state index contributed by atoms with van der Waals surface area (Å²) in [6.45, 7) is 0.642.